The number of rotatable bonds is 2. The lowest BCUT2D eigenvalue weighted by Gasteiger charge is -2.24. The summed E-state index contributed by atoms with van der Waals surface area (Å²) in [7, 11) is 0. The van der Waals surface area contributed by atoms with Crippen LogP contribution < -0.4 is 5.73 Å². The molecule has 12 heavy (non-hydrogen) atoms. The molecule has 0 saturated heterocycles. The van der Waals surface area contributed by atoms with E-state index in [9.17, 15) is 9.59 Å². The molecule has 0 aromatic heterocycles. The smallest absolute Gasteiger partial charge is 0.371 e. The number of aldehydes is 1. The van der Waals surface area contributed by atoms with Crippen molar-refractivity contribution in [1.29, 1.82) is 0 Å². The first-order chi connectivity index (χ1) is 5.72. The van der Waals surface area contributed by atoms with Crippen LogP contribution in [0.4, 0.5) is 0 Å². The molecule has 4 nitrogen and oxygen atoms in total. The van der Waals surface area contributed by atoms with Gasteiger partial charge in [-0.15, -0.1) is 0 Å². The number of esters is 1. The monoisotopic (exact) mass is 171 g/mol. The summed E-state index contributed by atoms with van der Waals surface area (Å²) in [6.45, 7) is 0. The Bertz CT molecular complexity index is 173. The predicted octanol–water partition coefficient (Wildman–Crippen LogP) is -0.00160. The fraction of sp³-hybridized carbons (Fsp3) is 0.750. The minimum absolute atomic E-state index is 0.0949. The van der Waals surface area contributed by atoms with Crippen LogP contribution in [0.2, 0.25) is 0 Å². The fourth-order valence-corrected chi connectivity index (χ4v) is 1.40. The zero-order valence-corrected chi connectivity index (χ0v) is 6.86. The Morgan fingerprint density at radius 3 is 2.42 bits per heavy atom. The molecule has 0 amide bonds. The van der Waals surface area contributed by atoms with Crippen LogP contribution in [0.15, 0.2) is 0 Å². The van der Waals surface area contributed by atoms with E-state index in [1.54, 1.807) is 0 Å². The van der Waals surface area contributed by atoms with Crippen molar-refractivity contribution in [1.82, 2.24) is 0 Å². The van der Waals surface area contributed by atoms with Gasteiger partial charge in [-0.05, 0) is 25.7 Å². The van der Waals surface area contributed by atoms with Crippen LogP contribution in [0.1, 0.15) is 25.7 Å². The molecule has 68 valence electrons. The van der Waals surface area contributed by atoms with Gasteiger partial charge in [0, 0.05) is 6.04 Å². The highest BCUT2D eigenvalue weighted by Gasteiger charge is 2.21. The zero-order chi connectivity index (χ0) is 8.97. The molecule has 1 aliphatic carbocycles. The number of carbonyl (C=O) groups is 2. The molecule has 1 rings (SSSR count). The Morgan fingerprint density at radius 1 is 1.33 bits per heavy atom. The highest BCUT2D eigenvalue weighted by Crippen LogP contribution is 2.19. The molecule has 2 N–H and O–H groups in total. The number of hydrogen-bond acceptors (Lipinski definition) is 4. The third-order valence-electron chi connectivity index (χ3n) is 2.10. The fourth-order valence-electron chi connectivity index (χ4n) is 1.40. The van der Waals surface area contributed by atoms with Gasteiger partial charge >= 0.3 is 5.97 Å². The van der Waals surface area contributed by atoms with E-state index < -0.39 is 5.97 Å². The van der Waals surface area contributed by atoms with Gasteiger partial charge < -0.3 is 10.5 Å². The summed E-state index contributed by atoms with van der Waals surface area (Å²) in [5, 5.41) is 0. The number of hydrogen-bond donors (Lipinski definition) is 1. The first-order valence-corrected chi connectivity index (χ1v) is 4.13. The van der Waals surface area contributed by atoms with Gasteiger partial charge in [0.15, 0.2) is 0 Å². The topological polar surface area (TPSA) is 69.4 Å². The van der Waals surface area contributed by atoms with Crippen molar-refractivity contribution >= 4 is 12.3 Å². The van der Waals surface area contributed by atoms with Gasteiger partial charge in [0.25, 0.3) is 0 Å². The minimum atomic E-state index is -0.768. The van der Waals surface area contributed by atoms with E-state index >= 15 is 0 Å². The Morgan fingerprint density at radius 2 is 1.92 bits per heavy atom. The summed E-state index contributed by atoms with van der Waals surface area (Å²) < 4.78 is 4.83. The predicted molar refractivity (Wildman–Crippen MR) is 42.4 cm³/mol. The second-order valence-electron chi connectivity index (χ2n) is 3.09. The van der Waals surface area contributed by atoms with Crippen molar-refractivity contribution in [3.63, 3.8) is 0 Å². The molecular weight excluding hydrogens is 158 g/mol. The molecule has 0 aromatic rings. The van der Waals surface area contributed by atoms with Gasteiger partial charge in [-0.1, -0.05) is 0 Å². The van der Waals surface area contributed by atoms with Crippen LogP contribution in [0.5, 0.6) is 0 Å². The summed E-state index contributed by atoms with van der Waals surface area (Å²) in [6.07, 6.45) is 3.41. The second-order valence-corrected chi connectivity index (χ2v) is 3.09. The molecule has 1 aliphatic rings. The van der Waals surface area contributed by atoms with Crippen molar-refractivity contribution in [2.24, 2.45) is 5.73 Å². The quantitative estimate of drug-likeness (QED) is 0.360. The van der Waals surface area contributed by atoms with Gasteiger partial charge in [-0.2, -0.15) is 0 Å². The maximum Gasteiger partial charge on any atom is 0.371 e. The van der Waals surface area contributed by atoms with Crippen molar-refractivity contribution < 1.29 is 14.3 Å². The standard InChI is InChI=1S/C8H13NO3/c9-6-1-3-7(4-2-6)12-8(11)5-10/h5-7H,1-4,9H2. The van der Waals surface area contributed by atoms with E-state index in [1.165, 1.54) is 0 Å². The van der Waals surface area contributed by atoms with Crippen LogP contribution in [0, 0.1) is 0 Å². The summed E-state index contributed by atoms with van der Waals surface area (Å²) in [4.78, 5) is 20.5. The third kappa shape index (κ3) is 2.62. The molecule has 0 aromatic carbocycles. The largest absolute Gasteiger partial charge is 0.457 e. The molecule has 0 radical (unpaired) electrons. The van der Waals surface area contributed by atoms with E-state index in [4.69, 9.17) is 10.5 Å². The van der Waals surface area contributed by atoms with Crippen molar-refractivity contribution in [3.8, 4) is 0 Å². The average Bonchev–Trinajstić information content (AvgIpc) is 2.09. The molecule has 1 saturated carbocycles. The lowest BCUT2D eigenvalue weighted by Crippen LogP contribution is -2.31. The molecule has 1 fully saturated rings. The Kier molecular flexibility index (Phi) is 3.22. The molecule has 0 heterocycles. The summed E-state index contributed by atoms with van der Waals surface area (Å²) >= 11 is 0. The molecule has 0 spiro atoms. The van der Waals surface area contributed by atoms with E-state index in [1.807, 2.05) is 0 Å². The number of ether oxygens (including phenoxy) is 1. The van der Waals surface area contributed by atoms with Crippen LogP contribution in [-0.2, 0) is 14.3 Å². The minimum Gasteiger partial charge on any atom is -0.457 e. The van der Waals surface area contributed by atoms with E-state index in [0.717, 1.165) is 25.7 Å². The van der Waals surface area contributed by atoms with Crippen LogP contribution in [0.3, 0.4) is 0 Å². The SMILES string of the molecule is NC1CCC(OC(=O)C=O)CC1. The van der Waals surface area contributed by atoms with Gasteiger partial charge in [0.05, 0.1) is 0 Å². The summed E-state index contributed by atoms with van der Waals surface area (Å²) in [6, 6.07) is 0.233. The molecule has 0 aliphatic heterocycles. The van der Waals surface area contributed by atoms with Gasteiger partial charge in [0.2, 0.25) is 6.29 Å². The Labute approximate surface area is 71.1 Å². The first kappa shape index (κ1) is 9.19. The third-order valence-corrected chi connectivity index (χ3v) is 2.10. The average molecular weight is 171 g/mol. The van der Waals surface area contributed by atoms with Crippen molar-refractivity contribution in [3.05, 3.63) is 0 Å². The highest BCUT2D eigenvalue weighted by atomic mass is 16.5. The van der Waals surface area contributed by atoms with Crippen molar-refractivity contribution in [2.75, 3.05) is 0 Å². The number of carbonyl (C=O) groups excluding carboxylic acids is 2. The molecule has 0 bridgehead atoms. The van der Waals surface area contributed by atoms with E-state index in [2.05, 4.69) is 0 Å². The molecule has 0 unspecified atom stereocenters. The summed E-state index contributed by atoms with van der Waals surface area (Å²) in [5.41, 5.74) is 5.65. The highest BCUT2D eigenvalue weighted by molar-refractivity contribution is 6.20. The zero-order valence-electron chi connectivity index (χ0n) is 6.86. The normalized spacial score (nSPS) is 29.4. The molecular formula is C8H13NO3. The second kappa shape index (κ2) is 4.21. The Balaban J connectivity index is 2.26. The summed E-state index contributed by atoms with van der Waals surface area (Å²) in [5.74, 6) is -0.768. The van der Waals surface area contributed by atoms with Gasteiger partial charge in [-0.3, -0.25) is 4.79 Å². The lowest BCUT2D eigenvalue weighted by molar-refractivity contribution is -0.154. The maximum atomic E-state index is 10.5. The van der Waals surface area contributed by atoms with E-state index in [0.29, 0.717) is 0 Å². The van der Waals surface area contributed by atoms with Crippen LogP contribution in [0.25, 0.3) is 0 Å². The number of nitrogens with two attached hydrogens (primary N) is 1. The molecule has 0 atom stereocenters. The van der Waals surface area contributed by atoms with Gasteiger partial charge in [-0.25, -0.2) is 4.79 Å². The first-order valence-electron chi connectivity index (χ1n) is 4.13. The maximum absolute atomic E-state index is 10.5. The van der Waals surface area contributed by atoms with Gasteiger partial charge in [0.1, 0.15) is 6.10 Å². The lowest BCUT2D eigenvalue weighted by atomic mass is 9.94. The van der Waals surface area contributed by atoms with Crippen LogP contribution in [-0.4, -0.2) is 24.4 Å². The Hall–Kier alpha value is -0.900. The van der Waals surface area contributed by atoms with E-state index in [-0.39, 0.29) is 18.4 Å². The van der Waals surface area contributed by atoms with Crippen molar-refractivity contribution in [2.45, 2.75) is 37.8 Å². The molecule has 4 heteroatoms. The van der Waals surface area contributed by atoms with Crippen LogP contribution >= 0.6 is 0 Å².